The molecule has 0 bridgehead atoms. The Morgan fingerprint density at radius 1 is 1.09 bits per heavy atom. The number of hydrogen-bond acceptors (Lipinski definition) is 3. The number of hydrogen-bond donors (Lipinski definition) is 1. The lowest BCUT2D eigenvalue weighted by Crippen LogP contribution is -2.30. The number of nitrogens with zero attached hydrogens (tertiary/aromatic N) is 1. The molecule has 1 aliphatic carbocycles. The molecule has 0 aromatic heterocycles. The molecule has 1 amide bonds. The molecule has 23 heavy (non-hydrogen) atoms. The van der Waals surface area contributed by atoms with Crippen molar-refractivity contribution in [2.24, 2.45) is 0 Å². The Morgan fingerprint density at radius 3 is 2.22 bits per heavy atom. The topological polar surface area (TPSA) is 49.8 Å². The van der Waals surface area contributed by atoms with Gasteiger partial charge in [0, 0.05) is 5.92 Å². The summed E-state index contributed by atoms with van der Waals surface area (Å²) in [6.45, 7) is 2.54. The third kappa shape index (κ3) is 3.08. The number of amides is 1. The van der Waals surface area contributed by atoms with Crippen LogP contribution in [0, 0.1) is 0 Å². The van der Waals surface area contributed by atoms with Crippen LogP contribution < -0.4 is 0 Å². The molecule has 2 aromatic carbocycles. The maximum absolute atomic E-state index is 11.9. The highest BCUT2D eigenvalue weighted by Crippen LogP contribution is 2.44. The average molecular weight is 311 g/mol. The first-order valence-electron chi connectivity index (χ1n) is 8.03. The minimum atomic E-state index is -0.680. The standard InChI is InChI=1S/C19H21NO3/c1-2-3-12-20(22)19(21)23-13-18-16-10-6-4-8-14(16)15-9-5-7-11-17(15)18/h4-11,18,22H,2-3,12-13H2,1H3. The second-order valence-electron chi connectivity index (χ2n) is 5.78. The van der Waals surface area contributed by atoms with Gasteiger partial charge in [0.05, 0.1) is 6.54 Å². The summed E-state index contributed by atoms with van der Waals surface area (Å²) in [6.07, 6.45) is 0.981. The summed E-state index contributed by atoms with van der Waals surface area (Å²) in [5.41, 5.74) is 4.71. The van der Waals surface area contributed by atoms with Crippen LogP contribution in [0.15, 0.2) is 48.5 Å². The van der Waals surface area contributed by atoms with E-state index in [0.29, 0.717) is 11.6 Å². The number of carbonyl (C=O) groups excluding carboxylic acids is 1. The van der Waals surface area contributed by atoms with Gasteiger partial charge < -0.3 is 4.74 Å². The van der Waals surface area contributed by atoms with Crippen molar-refractivity contribution < 1.29 is 14.7 Å². The zero-order valence-corrected chi connectivity index (χ0v) is 13.2. The quantitative estimate of drug-likeness (QED) is 0.656. The van der Waals surface area contributed by atoms with Crippen molar-refractivity contribution >= 4 is 6.09 Å². The van der Waals surface area contributed by atoms with Gasteiger partial charge in [-0.3, -0.25) is 5.21 Å². The molecule has 0 heterocycles. The van der Waals surface area contributed by atoms with E-state index in [-0.39, 0.29) is 12.5 Å². The molecule has 2 aromatic rings. The van der Waals surface area contributed by atoms with Crippen LogP contribution in [-0.4, -0.2) is 29.5 Å². The maximum Gasteiger partial charge on any atom is 0.433 e. The van der Waals surface area contributed by atoms with Crippen molar-refractivity contribution in [1.29, 1.82) is 0 Å². The molecule has 4 nitrogen and oxygen atoms in total. The third-order valence-electron chi connectivity index (χ3n) is 4.27. The first-order chi connectivity index (χ1) is 11.2. The van der Waals surface area contributed by atoms with Crippen LogP contribution in [0.5, 0.6) is 0 Å². The molecule has 0 saturated carbocycles. The Labute approximate surface area is 136 Å². The minimum Gasteiger partial charge on any atom is -0.447 e. The number of rotatable bonds is 5. The van der Waals surface area contributed by atoms with Gasteiger partial charge in [-0.2, -0.15) is 5.06 Å². The van der Waals surface area contributed by atoms with Crippen LogP contribution in [0.4, 0.5) is 4.79 Å². The van der Waals surface area contributed by atoms with E-state index in [1.54, 1.807) is 0 Å². The van der Waals surface area contributed by atoms with Gasteiger partial charge >= 0.3 is 6.09 Å². The normalized spacial score (nSPS) is 12.6. The summed E-state index contributed by atoms with van der Waals surface area (Å²) in [5, 5.41) is 10.3. The van der Waals surface area contributed by atoms with E-state index < -0.39 is 6.09 Å². The lowest BCUT2D eigenvalue weighted by Gasteiger charge is -2.18. The predicted octanol–water partition coefficient (Wildman–Crippen LogP) is 4.43. The second-order valence-corrected chi connectivity index (χ2v) is 5.78. The number of fused-ring (bicyclic) bond motifs is 3. The van der Waals surface area contributed by atoms with Crippen molar-refractivity contribution in [1.82, 2.24) is 5.06 Å². The van der Waals surface area contributed by atoms with Crippen LogP contribution in [0.25, 0.3) is 11.1 Å². The molecule has 0 spiro atoms. The summed E-state index contributed by atoms with van der Waals surface area (Å²) < 4.78 is 5.34. The van der Waals surface area contributed by atoms with Gasteiger partial charge in [0.1, 0.15) is 6.61 Å². The molecule has 3 rings (SSSR count). The smallest absolute Gasteiger partial charge is 0.433 e. The largest absolute Gasteiger partial charge is 0.447 e. The van der Waals surface area contributed by atoms with E-state index in [2.05, 4.69) is 24.3 Å². The third-order valence-corrected chi connectivity index (χ3v) is 4.27. The number of unbranched alkanes of at least 4 members (excludes halogenated alkanes) is 1. The van der Waals surface area contributed by atoms with Crippen LogP contribution >= 0.6 is 0 Å². The Balaban J connectivity index is 1.75. The Hall–Kier alpha value is -2.33. The van der Waals surface area contributed by atoms with Crippen LogP contribution in [0.2, 0.25) is 0 Å². The highest BCUT2D eigenvalue weighted by Gasteiger charge is 2.29. The Kier molecular flexibility index (Phi) is 4.63. The molecular formula is C19H21NO3. The Morgan fingerprint density at radius 2 is 1.65 bits per heavy atom. The molecule has 0 radical (unpaired) electrons. The summed E-state index contributed by atoms with van der Waals surface area (Å²) in [7, 11) is 0. The van der Waals surface area contributed by atoms with Gasteiger partial charge in [-0.15, -0.1) is 0 Å². The molecule has 0 saturated heterocycles. The molecule has 120 valence electrons. The van der Waals surface area contributed by atoms with Crippen molar-refractivity contribution in [2.75, 3.05) is 13.2 Å². The van der Waals surface area contributed by atoms with Crippen molar-refractivity contribution in [3.05, 3.63) is 59.7 Å². The zero-order valence-electron chi connectivity index (χ0n) is 13.2. The number of carbonyl (C=O) groups is 1. The fraction of sp³-hybridized carbons (Fsp3) is 0.316. The maximum atomic E-state index is 11.9. The van der Waals surface area contributed by atoms with Gasteiger partial charge in [-0.25, -0.2) is 4.79 Å². The zero-order chi connectivity index (χ0) is 16.2. The van der Waals surface area contributed by atoms with Crippen LogP contribution in [0.1, 0.15) is 36.8 Å². The number of benzene rings is 2. The number of hydroxylamine groups is 2. The molecule has 0 unspecified atom stereocenters. The highest BCUT2D eigenvalue weighted by atomic mass is 16.6. The molecular weight excluding hydrogens is 290 g/mol. The second kappa shape index (κ2) is 6.84. The van der Waals surface area contributed by atoms with Crippen LogP contribution in [-0.2, 0) is 4.74 Å². The molecule has 0 fully saturated rings. The Bertz CT molecular complexity index is 653. The van der Waals surface area contributed by atoms with Crippen molar-refractivity contribution in [3.8, 4) is 11.1 Å². The van der Waals surface area contributed by atoms with E-state index in [1.165, 1.54) is 22.3 Å². The predicted molar refractivity (Wildman–Crippen MR) is 88.5 cm³/mol. The van der Waals surface area contributed by atoms with E-state index in [1.807, 2.05) is 31.2 Å². The SMILES string of the molecule is CCCCN(O)C(=O)OCC1c2ccccc2-c2ccccc21. The molecule has 0 atom stereocenters. The first-order valence-corrected chi connectivity index (χ1v) is 8.03. The van der Waals surface area contributed by atoms with E-state index in [9.17, 15) is 10.0 Å². The minimum absolute atomic E-state index is 0.0194. The lowest BCUT2D eigenvalue weighted by molar-refractivity contribution is -0.0750. The van der Waals surface area contributed by atoms with E-state index in [4.69, 9.17) is 4.74 Å². The lowest BCUT2D eigenvalue weighted by atomic mass is 9.98. The molecule has 4 heteroatoms. The fourth-order valence-electron chi connectivity index (χ4n) is 3.07. The average Bonchev–Trinajstić information content (AvgIpc) is 2.91. The fourth-order valence-corrected chi connectivity index (χ4v) is 3.07. The summed E-state index contributed by atoms with van der Waals surface area (Å²) in [5.74, 6) is 0.0194. The van der Waals surface area contributed by atoms with Crippen LogP contribution in [0.3, 0.4) is 0 Å². The van der Waals surface area contributed by atoms with Gasteiger partial charge in [-0.1, -0.05) is 61.9 Å². The number of ether oxygens (including phenoxy) is 1. The van der Waals surface area contributed by atoms with Gasteiger partial charge in [0.25, 0.3) is 0 Å². The monoisotopic (exact) mass is 311 g/mol. The summed E-state index contributed by atoms with van der Waals surface area (Å²) >= 11 is 0. The van der Waals surface area contributed by atoms with Gasteiger partial charge in [-0.05, 0) is 28.7 Å². The van der Waals surface area contributed by atoms with Crippen molar-refractivity contribution in [2.45, 2.75) is 25.7 Å². The highest BCUT2D eigenvalue weighted by molar-refractivity contribution is 5.79. The summed E-state index contributed by atoms with van der Waals surface area (Å²) in [4.78, 5) is 11.9. The molecule has 1 N–H and O–H groups in total. The first kappa shape index (κ1) is 15.6. The molecule has 1 aliphatic rings. The van der Waals surface area contributed by atoms with Crippen molar-refractivity contribution in [3.63, 3.8) is 0 Å². The molecule has 0 aliphatic heterocycles. The van der Waals surface area contributed by atoms with E-state index in [0.717, 1.165) is 12.8 Å². The van der Waals surface area contributed by atoms with Gasteiger partial charge in [0.15, 0.2) is 0 Å². The van der Waals surface area contributed by atoms with E-state index >= 15 is 0 Å². The summed E-state index contributed by atoms with van der Waals surface area (Å²) in [6, 6.07) is 16.4. The van der Waals surface area contributed by atoms with Gasteiger partial charge in [0.2, 0.25) is 0 Å².